The van der Waals surface area contributed by atoms with E-state index in [0.29, 0.717) is 17.2 Å². The molecule has 0 bridgehead atoms. The molecule has 0 unspecified atom stereocenters. The molecule has 0 saturated carbocycles. The lowest BCUT2D eigenvalue weighted by molar-refractivity contribution is 0.199. The third-order valence-electron chi connectivity index (χ3n) is 3.20. The Morgan fingerprint density at radius 3 is 2.25 bits per heavy atom. The van der Waals surface area contributed by atoms with E-state index >= 15 is 0 Å². The van der Waals surface area contributed by atoms with Gasteiger partial charge in [0.05, 0.1) is 11.8 Å². The molecule has 0 saturated heterocycles. The summed E-state index contributed by atoms with van der Waals surface area (Å²) in [7, 11) is 4.03. The average Bonchev–Trinajstić information content (AvgIpc) is 2.33. The molecule has 0 radical (unpaired) electrons. The first-order chi connectivity index (χ1) is 9.31. The van der Waals surface area contributed by atoms with Crippen molar-refractivity contribution >= 4 is 5.69 Å². The van der Waals surface area contributed by atoms with E-state index in [1.165, 1.54) is 6.07 Å². The summed E-state index contributed by atoms with van der Waals surface area (Å²) >= 11 is 0. The lowest BCUT2D eigenvalue weighted by Crippen LogP contribution is -2.35. The fourth-order valence-electron chi connectivity index (χ4n) is 2.11. The topological polar surface area (TPSA) is 26.7 Å². The van der Waals surface area contributed by atoms with Gasteiger partial charge < -0.3 is 14.9 Å². The van der Waals surface area contributed by atoms with Gasteiger partial charge in [-0.25, -0.2) is 4.39 Å². The Morgan fingerprint density at radius 1 is 1.15 bits per heavy atom. The Labute approximate surface area is 122 Å². The van der Waals surface area contributed by atoms with Crippen LogP contribution in [0, 0.1) is 11.7 Å². The third-order valence-corrected chi connectivity index (χ3v) is 3.20. The normalized spacial score (nSPS) is 13.1. The second kappa shape index (κ2) is 7.60. The number of nitrogens with zero attached hydrogens (tertiary/aromatic N) is 2. The molecule has 0 aliphatic carbocycles. The van der Waals surface area contributed by atoms with Gasteiger partial charge >= 0.3 is 0 Å². The van der Waals surface area contributed by atoms with E-state index < -0.39 is 6.10 Å². The van der Waals surface area contributed by atoms with Crippen LogP contribution >= 0.6 is 0 Å². The Balaban J connectivity index is 2.94. The highest BCUT2D eigenvalue weighted by Crippen LogP contribution is 2.24. The van der Waals surface area contributed by atoms with Crippen LogP contribution in [0.2, 0.25) is 0 Å². The van der Waals surface area contributed by atoms with Gasteiger partial charge in [0.2, 0.25) is 0 Å². The number of aliphatic hydroxyl groups is 1. The summed E-state index contributed by atoms with van der Waals surface area (Å²) < 4.78 is 14.3. The van der Waals surface area contributed by atoms with Gasteiger partial charge in [0.25, 0.3) is 0 Å². The molecule has 1 aromatic carbocycles. The number of benzene rings is 1. The largest absolute Gasteiger partial charge is 0.389 e. The van der Waals surface area contributed by atoms with Gasteiger partial charge in [-0.05, 0) is 44.6 Å². The Kier molecular flexibility index (Phi) is 6.43. The fraction of sp³-hybridized carbons (Fsp3) is 0.625. The number of aliphatic hydroxyl groups excluding tert-OH is 1. The number of likely N-dealkylation sites (N-methyl/N-ethyl adjacent to an activating group) is 1. The molecule has 0 heterocycles. The van der Waals surface area contributed by atoms with Crippen molar-refractivity contribution in [2.45, 2.75) is 26.9 Å². The SMILES string of the molecule is CC(C)CN(CCN(C)C)c1ccc([C@@H](C)O)cc1F. The first-order valence-electron chi connectivity index (χ1n) is 7.18. The zero-order valence-corrected chi connectivity index (χ0v) is 13.2. The molecule has 1 atom stereocenters. The first kappa shape index (κ1) is 16.9. The maximum absolute atomic E-state index is 14.3. The van der Waals surface area contributed by atoms with Crippen LogP contribution in [0.25, 0.3) is 0 Å². The summed E-state index contributed by atoms with van der Waals surface area (Å²) in [4.78, 5) is 4.17. The monoisotopic (exact) mass is 282 g/mol. The maximum atomic E-state index is 14.3. The van der Waals surface area contributed by atoms with Crippen molar-refractivity contribution in [1.82, 2.24) is 4.90 Å². The second-order valence-corrected chi connectivity index (χ2v) is 6.03. The maximum Gasteiger partial charge on any atom is 0.146 e. The summed E-state index contributed by atoms with van der Waals surface area (Å²) in [6, 6.07) is 5.00. The average molecular weight is 282 g/mol. The summed E-state index contributed by atoms with van der Waals surface area (Å²) in [6.45, 7) is 8.39. The molecule has 0 fully saturated rings. The van der Waals surface area contributed by atoms with E-state index in [1.807, 2.05) is 14.1 Å². The standard InChI is InChI=1S/C16H27FN2O/c1-12(2)11-19(9-8-18(4)5)16-7-6-14(13(3)20)10-15(16)17/h6-7,10,12-13,20H,8-9,11H2,1-5H3/t13-/m1/s1. The summed E-state index contributed by atoms with van der Waals surface area (Å²) in [5.41, 5.74) is 1.23. The van der Waals surface area contributed by atoms with Crippen LogP contribution in [-0.2, 0) is 0 Å². The summed E-state index contributed by atoms with van der Waals surface area (Å²) in [6.07, 6.45) is -0.640. The second-order valence-electron chi connectivity index (χ2n) is 6.03. The Morgan fingerprint density at radius 2 is 1.80 bits per heavy atom. The smallest absolute Gasteiger partial charge is 0.146 e. The molecule has 1 aromatic rings. The first-order valence-corrected chi connectivity index (χ1v) is 7.18. The van der Waals surface area contributed by atoms with Gasteiger partial charge in [0, 0.05) is 19.6 Å². The van der Waals surface area contributed by atoms with E-state index in [1.54, 1.807) is 19.1 Å². The van der Waals surface area contributed by atoms with Gasteiger partial charge in [-0.15, -0.1) is 0 Å². The number of anilines is 1. The summed E-state index contributed by atoms with van der Waals surface area (Å²) in [5, 5.41) is 9.51. The molecule has 1 N–H and O–H groups in total. The molecular weight excluding hydrogens is 255 g/mol. The fourth-order valence-corrected chi connectivity index (χ4v) is 2.11. The van der Waals surface area contributed by atoms with Crippen molar-refractivity contribution in [1.29, 1.82) is 0 Å². The van der Waals surface area contributed by atoms with Gasteiger partial charge in [0.15, 0.2) is 0 Å². The minimum Gasteiger partial charge on any atom is -0.389 e. The number of hydrogen-bond acceptors (Lipinski definition) is 3. The Bertz CT molecular complexity index is 419. The molecule has 20 heavy (non-hydrogen) atoms. The van der Waals surface area contributed by atoms with Crippen LogP contribution in [0.3, 0.4) is 0 Å². The number of rotatable bonds is 7. The highest BCUT2D eigenvalue weighted by Gasteiger charge is 2.14. The van der Waals surface area contributed by atoms with Crippen molar-refractivity contribution < 1.29 is 9.50 Å². The number of hydrogen-bond donors (Lipinski definition) is 1. The van der Waals surface area contributed by atoms with Crippen LogP contribution in [-0.4, -0.2) is 43.7 Å². The van der Waals surface area contributed by atoms with E-state index in [9.17, 15) is 9.50 Å². The van der Waals surface area contributed by atoms with Crippen molar-refractivity contribution in [2.24, 2.45) is 5.92 Å². The lowest BCUT2D eigenvalue weighted by Gasteiger charge is -2.28. The highest BCUT2D eigenvalue weighted by molar-refractivity contribution is 5.49. The molecule has 3 nitrogen and oxygen atoms in total. The third kappa shape index (κ3) is 5.10. The number of halogens is 1. The van der Waals surface area contributed by atoms with E-state index in [4.69, 9.17) is 0 Å². The van der Waals surface area contributed by atoms with Gasteiger partial charge in [0.1, 0.15) is 5.82 Å². The predicted octanol–water partition coefficient (Wildman–Crippen LogP) is 2.90. The van der Waals surface area contributed by atoms with Gasteiger partial charge in [-0.3, -0.25) is 0 Å². The summed E-state index contributed by atoms with van der Waals surface area (Å²) in [5.74, 6) is 0.204. The molecule has 4 heteroatoms. The molecule has 0 spiro atoms. The van der Waals surface area contributed by atoms with Crippen molar-refractivity contribution in [3.05, 3.63) is 29.6 Å². The minimum absolute atomic E-state index is 0.261. The van der Waals surface area contributed by atoms with Crippen LogP contribution in [0.5, 0.6) is 0 Å². The van der Waals surface area contributed by atoms with Crippen LogP contribution in [0.1, 0.15) is 32.4 Å². The van der Waals surface area contributed by atoms with Gasteiger partial charge in [-0.2, -0.15) is 0 Å². The van der Waals surface area contributed by atoms with Crippen LogP contribution in [0.4, 0.5) is 10.1 Å². The molecular formula is C16H27FN2O. The van der Waals surface area contributed by atoms with Crippen LogP contribution in [0.15, 0.2) is 18.2 Å². The van der Waals surface area contributed by atoms with Crippen molar-refractivity contribution in [3.8, 4) is 0 Å². The lowest BCUT2D eigenvalue weighted by atomic mass is 10.1. The van der Waals surface area contributed by atoms with Crippen molar-refractivity contribution in [2.75, 3.05) is 38.6 Å². The van der Waals surface area contributed by atoms with Crippen molar-refractivity contribution in [3.63, 3.8) is 0 Å². The van der Waals surface area contributed by atoms with Crippen LogP contribution < -0.4 is 4.90 Å². The highest BCUT2D eigenvalue weighted by atomic mass is 19.1. The molecule has 0 amide bonds. The quantitative estimate of drug-likeness (QED) is 0.833. The Hall–Kier alpha value is -1.13. The molecule has 0 aromatic heterocycles. The zero-order chi connectivity index (χ0) is 15.3. The molecule has 0 aliphatic rings. The molecule has 114 valence electrons. The molecule has 0 aliphatic heterocycles. The van der Waals surface area contributed by atoms with E-state index in [2.05, 4.69) is 23.6 Å². The van der Waals surface area contributed by atoms with E-state index in [0.717, 1.165) is 19.6 Å². The zero-order valence-electron chi connectivity index (χ0n) is 13.2. The predicted molar refractivity (Wildman–Crippen MR) is 82.6 cm³/mol. The minimum atomic E-state index is -0.640. The van der Waals surface area contributed by atoms with E-state index in [-0.39, 0.29) is 5.82 Å². The van der Waals surface area contributed by atoms with Gasteiger partial charge in [-0.1, -0.05) is 19.9 Å². The molecule has 1 rings (SSSR count).